The zero-order chi connectivity index (χ0) is 11.5. The van der Waals surface area contributed by atoms with E-state index in [0.717, 1.165) is 24.4 Å². The fraction of sp³-hybridized carbons (Fsp3) is 0.500. The van der Waals surface area contributed by atoms with E-state index in [-0.39, 0.29) is 0 Å². The number of alkyl halides is 1. The highest BCUT2D eigenvalue weighted by Gasteiger charge is 2.14. The summed E-state index contributed by atoms with van der Waals surface area (Å²) < 4.78 is 7.19. The average molecular weight is 241 g/mol. The maximum atomic E-state index is 5.75. The van der Waals surface area contributed by atoms with E-state index in [1.807, 2.05) is 11.5 Å². The number of methoxy groups -OCH3 is 1. The summed E-state index contributed by atoms with van der Waals surface area (Å²) in [6.07, 6.45) is 2.20. The Hall–Kier alpha value is -1.36. The van der Waals surface area contributed by atoms with Gasteiger partial charge in [0.2, 0.25) is 5.88 Å². The Morgan fingerprint density at radius 2 is 2.25 bits per heavy atom. The van der Waals surface area contributed by atoms with E-state index in [4.69, 9.17) is 16.3 Å². The van der Waals surface area contributed by atoms with Crippen molar-refractivity contribution in [3.05, 3.63) is 12.2 Å². The van der Waals surface area contributed by atoms with Gasteiger partial charge < -0.3 is 9.30 Å². The minimum absolute atomic E-state index is 0.507. The number of hydrogen-bond acceptors (Lipinski definition) is 4. The Morgan fingerprint density at radius 1 is 1.44 bits per heavy atom. The minimum Gasteiger partial charge on any atom is -0.479 e. The first-order valence-corrected chi connectivity index (χ1v) is 5.65. The van der Waals surface area contributed by atoms with E-state index >= 15 is 0 Å². The maximum absolute atomic E-state index is 5.75. The molecule has 2 aromatic heterocycles. The monoisotopic (exact) mass is 240 g/mol. The van der Waals surface area contributed by atoms with Gasteiger partial charge in [-0.1, -0.05) is 0 Å². The van der Waals surface area contributed by atoms with Crippen molar-refractivity contribution in [2.24, 2.45) is 0 Å². The highest BCUT2D eigenvalue weighted by molar-refractivity contribution is 6.17. The van der Waals surface area contributed by atoms with Crippen LogP contribution in [-0.2, 0) is 13.0 Å². The molecule has 2 rings (SSSR count). The lowest BCUT2D eigenvalue weighted by atomic mass is 10.4. The van der Waals surface area contributed by atoms with Gasteiger partial charge in [-0.3, -0.25) is 0 Å². The van der Waals surface area contributed by atoms with E-state index < -0.39 is 0 Å². The molecule has 16 heavy (non-hydrogen) atoms. The van der Waals surface area contributed by atoms with Crippen LogP contribution in [0.15, 0.2) is 6.33 Å². The van der Waals surface area contributed by atoms with Crippen LogP contribution in [0.5, 0.6) is 5.88 Å². The van der Waals surface area contributed by atoms with Crippen LogP contribution in [0.4, 0.5) is 0 Å². The highest BCUT2D eigenvalue weighted by atomic mass is 35.5. The SMILES string of the molecule is CCn1c(CCCl)nc2c(OC)ncnc21. The Balaban J connectivity index is 2.65. The van der Waals surface area contributed by atoms with Crippen LogP contribution in [0, 0.1) is 0 Å². The minimum atomic E-state index is 0.507. The Morgan fingerprint density at radius 3 is 2.88 bits per heavy atom. The van der Waals surface area contributed by atoms with Crippen LogP contribution in [0.25, 0.3) is 11.2 Å². The van der Waals surface area contributed by atoms with E-state index in [2.05, 4.69) is 15.0 Å². The average Bonchev–Trinajstić information content (AvgIpc) is 2.66. The number of ether oxygens (including phenoxy) is 1. The summed E-state index contributed by atoms with van der Waals surface area (Å²) in [5.74, 6) is 1.97. The van der Waals surface area contributed by atoms with E-state index in [9.17, 15) is 0 Å². The number of nitrogens with zero attached hydrogens (tertiary/aromatic N) is 4. The molecule has 0 N–H and O–H groups in total. The molecule has 0 amide bonds. The third-order valence-electron chi connectivity index (χ3n) is 2.41. The topological polar surface area (TPSA) is 52.8 Å². The molecule has 0 bridgehead atoms. The molecule has 0 unspecified atom stereocenters. The largest absolute Gasteiger partial charge is 0.479 e. The standard InChI is InChI=1S/C10H13ClN4O/c1-3-15-7(4-5-11)14-8-9(15)12-6-13-10(8)16-2/h6H,3-5H2,1-2H3. The molecule has 0 aliphatic rings. The van der Waals surface area contributed by atoms with Gasteiger partial charge in [0.1, 0.15) is 12.2 Å². The Kier molecular flexibility index (Phi) is 3.24. The number of hydrogen-bond donors (Lipinski definition) is 0. The molecule has 0 aliphatic heterocycles. The molecule has 6 heteroatoms. The van der Waals surface area contributed by atoms with Gasteiger partial charge in [-0.25, -0.2) is 9.97 Å². The van der Waals surface area contributed by atoms with Gasteiger partial charge in [-0.05, 0) is 6.92 Å². The second-order valence-electron chi connectivity index (χ2n) is 3.27. The lowest BCUT2D eigenvalue weighted by Crippen LogP contribution is -2.03. The molecule has 0 atom stereocenters. The van der Waals surface area contributed by atoms with Crippen LogP contribution < -0.4 is 4.74 Å². The summed E-state index contributed by atoms with van der Waals surface area (Å²) in [5, 5.41) is 0. The molecule has 0 spiro atoms. The second-order valence-corrected chi connectivity index (χ2v) is 3.64. The molecule has 2 heterocycles. The summed E-state index contributed by atoms with van der Waals surface area (Å²) in [5.41, 5.74) is 1.50. The van der Waals surface area contributed by atoms with E-state index in [1.54, 1.807) is 7.11 Å². The predicted molar refractivity (Wildman–Crippen MR) is 62.0 cm³/mol. The van der Waals surface area contributed by atoms with Gasteiger partial charge in [0, 0.05) is 18.8 Å². The number of imidazole rings is 1. The fourth-order valence-corrected chi connectivity index (χ4v) is 1.89. The van der Waals surface area contributed by atoms with Crippen molar-refractivity contribution < 1.29 is 4.74 Å². The number of aromatic nitrogens is 4. The highest BCUT2D eigenvalue weighted by Crippen LogP contribution is 2.21. The zero-order valence-corrected chi connectivity index (χ0v) is 10.0. The summed E-state index contributed by atoms with van der Waals surface area (Å²) >= 11 is 5.75. The third-order valence-corrected chi connectivity index (χ3v) is 2.59. The van der Waals surface area contributed by atoms with Gasteiger partial charge in [-0.15, -0.1) is 11.6 Å². The van der Waals surface area contributed by atoms with Crippen LogP contribution >= 0.6 is 11.6 Å². The van der Waals surface area contributed by atoms with Crippen LogP contribution in [0.2, 0.25) is 0 Å². The van der Waals surface area contributed by atoms with Crippen molar-refractivity contribution in [2.45, 2.75) is 19.9 Å². The molecule has 0 aromatic carbocycles. The van der Waals surface area contributed by atoms with Crippen LogP contribution in [-0.4, -0.2) is 32.5 Å². The van der Waals surface area contributed by atoms with Crippen molar-refractivity contribution in [3.63, 3.8) is 0 Å². The lowest BCUT2D eigenvalue weighted by molar-refractivity contribution is 0.401. The summed E-state index contributed by atoms with van der Waals surface area (Å²) in [6.45, 7) is 2.86. The van der Waals surface area contributed by atoms with Crippen molar-refractivity contribution in [2.75, 3.05) is 13.0 Å². The van der Waals surface area contributed by atoms with Gasteiger partial charge in [0.25, 0.3) is 0 Å². The number of aryl methyl sites for hydroxylation is 2. The molecule has 2 aromatic rings. The van der Waals surface area contributed by atoms with Crippen molar-refractivity contribution in [1.29, 1.82) is 0 Å². The normalized spacial score (nSPS) is 10.9. The van der Waals surface area contributed by atoms with E-state index in [1.165, 1.54) is 6.33 Å². The fourth-order valence-electron chi connectivity index (χ4n) is 1.72. The zero-order valence-electron chi connectivity index (χ0n) is 9.27. The first-order chi connectivity index (χ1) is 7.81. The molecular formula is C10H13ClN4O. The van der Waals surface area contributed by atoms with Gasteiger partial charge in [0.15, 0.2) is 11.2 Å². The Labute approximate surface area is 98.4 Å². The van der Waals surface area contributed by atoms with Crippen molar-refractivity contribution in [1.82, 2.24) is 19.5 Å². The molecule has 0 aliphatic carbocycles. The third kappa shape index (κ3) is 1.71. The van der Waals surface area contributed by atoms with Crippen molar-refractivity contribution >= 4 is 22.8 Å². The molecule has 86 valence electrons. The summed E-state index contributed by atoms with van der Waals surface area (Å²) in [6, 6.07) is 0. The molecule has 0 radical (unpaired) electrons. The molecule has 0 fully saturated rings. The first kappa shape index (κ1) is 11.1. The Bertz CT molecular complexity index is 497. The molecule has 0 saturated carbocycles. The predicted octanol–water partition coefficient (Wildman–Crippen LogP) is 1.64. The van der Waals surface area contributed by atoms with E-state index in [0.29, 0.717) is 17.3 Å². The van der Waals surface area contributed by atoms with Gasteiger partial charge >= 0.3 is 0 Å². The second kappa shape index (κ2) is 4.65. The molecular weight excluding hydrogens is 228 g/mol. The number of rotatable bonds is 4. The number of fused-ring (bicyclic) bond motifs is 1. The van der Waals surface area contributed by atoms with Gasteiger partial charge in [0.05, 0.1) is 7.11 Å². The summed E-state index contributed by atoms with van der Waals surface area (Å²) in [4.78, 5) is 12.7. The van der Waals surface area contributed by atoms with Crippen LogP contribution in [0.1, 0.15) is 12.7 Å². The van der Waals surface area contributed by atoms with Crippen LogP contribution in [0.3, 0.4) is 0 Å². The molecule has 0 saturated heterocycles. The van der Waals surface area contributed by atoms with Gasteiger partial charge in [-0.2, -0.15) is 4.98 Å². The quantitative estimate of drug-likeness (QED) is 0.763. The molecule has 5 nitrogen and oxygen atoms in total. The maximum Gasteiger partial charge on any atom is 0.245 e. The summed E-state index contributed by atoms with van der Waals surface area (Å²) in [7, 11) is 1.58. The lowest BCUT2D eigenvalue weighted by Gasteiger charge is -2.03. The van der Waals surface area contributed by atoms with Crippen molar-refractivity contribution in [3.8, 4) is 5.88 Å². The number of halogens is 1. The smallest absolute Gasteiger partial charge is 0.245 e. The first-order valence-electron chi connectivity index (χ1n) is 5.11.